The Labute approximate surface area is 82.2 Å². The molecule has 1 atom stereocenters. The zero-order valence-electron chi connectivity index (χ0n) is 7.73. The minimum absolute atomic E-state index is 0.0109. The van der Waals surface area contributed by atoms with Gasteiger partial charge in [-0.15, -0.1) is 0 Å². The second-order valence-corrected chi connectivity index (χ2v) is 3.81. The Bertz CT molecular complexity index is 177. The van der Waals surface area contributed by atoms with Crippen molar-refractivity contribution in [1.29, 1.82) is 0 Å². The number of carbonyl (C=O) groups excluding carboxylic acids is 1. The molecule has 1 aliphatic rings. The number of hydrogen-bond acceptors (Lipinski definition) is 4. The first kappa shape index (κ1) is 10.8. The molecular weight excluding hydrogens is 190 g/mol. The Balaban J connectivity index is 2.37. The minimum atomic E-state index is -0.195. The van der Waals surface area contributed by atoms with Gasteiger partial charge in [-0.25, -0.2) is 0 Å². The van der Waals surface area contributed by atoms with Gasteiger partial charge in [0, 0.05) is 13.1 Å². The van der Waals surface area contributed by atoms with Crippen LogP contribution in [0.3, 0.4) is 0 Å². The molecule has 1 N–H and O–H groups in total. The summed E-state index contributed by atoms with van der Waals surface area (Å²) in [5.41, 5.74) is 0. The standard InChI is InChI=1S/C8H15NO3S/c1-13-6-8(11)9-2-3-12-7(4-9)5-10/h7,10H,2-6H2,1H3. The molecule has 0 bridgehead atoms. The highest BCUT2D eigenvalue weighted by atomic mass is 32.2. The van der Waals surface area contributed by atoms with E-state index < -0.39 is 0 Å². The van der Waals surface area contributed by atoms with Crippen molar-refractivity contribution < 1.29 is 14.6 Å². The van der Waals surface area contributed by atoms with Crippen LogP contribution in [0.15, 0.2) is 0 Å². The predicted octanol–water partition coefficient (Wildman–Crippen LogP) is -0.431. The van der Waals surface area contributed by atoms with Crippen LogP contribution in [-0.4, -0.2) is 60.3 Å². The number of carbonyl (C=O) groups is 1. The number of rotatable bonds is 3. The van der Waals surface area contributed by atoms with Gasteiger partial charge >= 0.3 is 0 Å². The highest BCUT2D eigenvalue weighted by molar-refractivity contribution is 7.99. The highest BCUT2D eigenvalue weighted by Crippen LogP contribution is 2.06. The first-order valence-electron chi connectivity index (χ1n) is 4.27. The molecule has 1 fully saturated rings. The molecule has 0 aromatic carbocycles. The van der Waals surface area contributed by atoms with E-state index >= 15 is 0 Å². The fraction of sp³-hybridized carbons (Fsp3) is 0.875. The molecule has 4 nitrogen and oxygen atoms in total. The smallest absolute Gasteiger partial charge is 0.232 e. The molecule has 0 aromatic heterocycles. The summed E-state index contributed by atoms with van der Waals surface area (Å²) in [6, 6.07) is 0. The molecule has 0 radical (unpaired) electrons. The third-order valence-corrected chi connectivity index (χ3v) is 2.50. The van der Waals surface area contributed by atoms with Gasteiger partial charge in [-0.05, 0) is 6.26 Å². The molecule has 1 aliphatic heterocycles. The van der Waals surface area contributed by atoms with Gasteiger partial charge in [0.05, 0.1) is 25.1 Å². The van der Waals surface area contributed by atoms with E-state index in [1.165, 1.54) is 11.8 Å². The van der Waals surface area contributed by atoms with Gasteiger partial charge in [0.25, 0.3) is 0 Å². The third-order valence-electron chi connectivity index (χ3n) is 1.96. The minimum Gasteiger partial charge on any atom is -0.394 e. The lowest BCUT2D eigenvalue weighted by Gasteiger charge is -2.31. The number of ether oxygens (including phenoxy) is 1. The monoisotopic (exact) mass is 205 g/mol. The zero-order valence-corrected chi connectivity index (χ0v) is 8.55. The number of hydrogen-bond donors (Lipinski definition) is 1. The van der Waals surface area contributed by atoms with Crippen LogP contribution in [0.5, 0.6) is 0 Å². The van der Waals surface area contributed by atoms with E-state index in [4.69, 9.17) is 9.84 Å². The van der Waals surface area contributed by atoms with Gasteiger partial charge < -0.3 is 14.7 Å². The maximum absolute atomic E-state index is 11.4. The number of nitrogens with zero attached hydrogens (tertiary/aromatic N) is 1. The van der Waals surface area contributed by atoms with Gasteiger partial charge in [0.2, 0.25) is 5.91 Å². The van der Waals surface area contributed by atoms with E-state index in [0.29, 0.717) is 25.4 Å². The van der Waals surface area contributed by atoms with Crippen LogP contribution in [0.25, 0.3) is 0 Å². The first-order chi connectivity index (χ1) is 6.27. The molecule has 13 heavy (non-hydrogen) atoms. The summed E-state index contributed by atoms with van der Waals surface area (Å²) in [4.78, 5) is 13.2. The van der Waals surface area contributed by atoms with E-state index in [0.717, 1.165) is 0 Å². The van der Waals surface area contributed by atoms with Crippen molar-refractivity contribution in [3.8, 4) is 0 Å². The quantitative estimate of drug-likeness (QED) is 0.679. The first-order valence-corrected chi connectivity index (χ1v) is 5.66. The second kappa shape index (κ2) is 5.47. The molecule has 0 aliphatic carbocycles. The average molecular weight is 205 g/mol. The van der Waals surface area contributed by atoms with E-state index in [1.54, 1.807) is 4.90 Å². The van der Waals surface area contributed by atoms with Gasteiger partial charge in [-0.1, -0.05) is 0 Å². The Hall–Kier alpha value is -0.260. The summed E-state index contributed by atoms with van der Waals surface area (Å²) < 4.78 is 5.23. The SMILES string of the molecule is CSCC(=O)N1CCOC(CO)C1. The molecule has 1 saturated heterocycles. The molecule has 0 saturated carbocycles. The molecule has 5 heteroatoms. The summed E-state index contributed by atoms with van der Waals surface area (Å²) >= 11 is 1.52. The predicted molar refractivity (Wildman–Crippen MR) is 51.8 cm³/mol. The summed E-state index contributed by atoms with van der Waals surface area (Å²) in [5.74, 6) is 0.646. The number of aliphatic hydroxyl groups excluding tert-OH is 1. The van der Waals surface area contributed by atoms with Crippen molar-refractivity contribution in [2.24, 2.45) is 0 Å². The van der Waals surface area contributed by atoms with Crippen molar-refractivity contribution in [2.45, 2.75) is 6.10 Å². The van der Waals surface area contributed by atoms with E-state index in [-0.39, 0.29) is 18.6 Å². The lowest BCUT2D eigenvalue weighted by Crippen LogP contribution is -2.47. The van der Waals surface area contributed by atoms with Crippen molar-refractivity contribution in [3.05, 3.63) is 0 Å². The summed E-state index contributed by atoms with van der Waals surface area (Å²) in [5, 5.41) is 8.85. The Kier molecular flexibility index (Phi) is 4.55. The summed E-state index contributed by atoms with van der Waals surface area (Å²) in [6.07, 6.45) is 1.71. The molecule has 0 aromatic rings. The van der Waals surface area contributed by atoms with Crippen molar-refractivity contribution in [3.63, 3.8) is 0 Å². The van der Waals surface area contributed by atoms with E-state index in [9.17, 15) is 4.79 Å². The maximum Gasteiger partial charge on any atom is 0.232 e. The number of amides is 1. The molecule has 1 heterocycles. The summed E-state index contributed by atoms with van der Waals surface area (Å²) in [6.45, 7) is 1.69. The average Bonchev–Trinajstić information content (AvgIpc) is 2.18. The van der Waals surface area contributed by atoms with Crippen LogP contribution in [0.1, 0.15) is 0 Å². The molecule has 1 rings (SSSR count). The van der Waals surface area contributed by atoms with Gasteiger partial charge in [0.15, 0.2) is 0 Å². The van der Waals surface area contributed by atoms with Crippen LogP contribution in [0.2, 0.25) is 0 Å². The Morgan fingerprint density at radius 3 is 3.15 bits per heavy atom. The highest BCUT2D eigenvalue weighted by Gasteiger charge is 2.22. The zero-order chi connectivity index (χ0) is 9.68. The van der Waals surface area contributed by atoms with Gasteiger partial charge in [-0.2, -0.15) is 11.8 Å². The van der Waals surface area contributed by atoms with Crippen molar-refractivity contribution in [1.82, 2.24) is 4.90 Å². The van der Waals surface area contributed by atoms with Crippen LogP contribution >= 0.6 is 11.8 Å². The number of morpholine rings is 1. The van der Waals surface area contributed by atoms with Crippen molar-refractivity contribution >= 4 is 17.7 Å². The molecule has 1 amide bonds. The molecule has 76 valence electrons. The van der Waals surface area contributed by atoms with E-state index in [1.807, 2.05) is 6.26 Å². The second-order valence-electron chi connectivity index (χ2n) is 2.95. The van der Waals surface area contributed by atoms with Crippen molar-refractivity contribution in [2.75, 3.05) is 38.3 Å². The summed E-state index contributed by atoms with van der Waals surface area (Å²) in [7, 11) is 0. The normalized spacial score (nSPS) is 23.2. The van der Waals surface area contributed by atoms with Crippen LogP contribution in [0.4, 0.5) is 0 Å². The van der Waals surface area contributed by atoms with Crippen LogP contribution in [0, 0.1) is 0 Å². The van der Waals surface area contributed by atoms with E-state index in [2.05, 4.69) is 0 Å². The lowest BCUT2D eigenvalue weighted by molar-refractivity contribution is -0.137. The van der Waals surface area contributed by atoms with Crippen LogP contribution in [-0.2, 0) is 9.53 Å². The van der Waals surface area contributed by atoms with Crippen LogP contribution < -0.4 is 0 Å². The fourth-order valence-corrected chi connectivity index (χ4v) is 1.70. The maximum atomic E-state index is 11.4. The molecular formula is C8H15NO3S. The largest absolute Gasteiger partial charge is 0.394 e. The number of aliphatic hydroxyl groups is 1. The lowest BCUT2D eigenvalue weighted by atomic mass is 10.3. The topological polar surface area (TPSA) is 49.8 Å². The number of thioether (sulfide) groups is 1. The Morgan fingerprint density at radius 2 is 2.54 bits per heavy atom. The molecule has 0 spiro atoms. The van der Waals surface area contributed by atoms with Gasteiger partial charge in [-0.3, -0.25) is 4.79 Å². The fourth-order valence-electron chi connectivity index (χ4n) is 1.27. The van der Waals surface area contributed by atoms with Gasteiger partial charge in [0.1, 0.15) is 0 Å². The molecule has 1 unspecified atom stereocenters. The Morgan fingerprint density at radius 1 is 1.77 bits per heavy atom. The third kappa shape index (κ3) is 3.17.